The number of amides is 1. The first-order valence-corrected chi connectivity index (χ1v) is 25.6. The normalized spacial score (nSPS) is 12.8. The van der Waals surface area contributed by atoms with E-state index in [9.17, 15) is 19.8 Å². The average molecular weight is 818 g/mol. The molecule has 342 valence electrons. The van der Waals surface area contributed by atoms with Gasteiger partial charge in [0.25, 0.3) is 0 Å². The predicted octanol–water partition coefficient (Wildman–Crippen LogP) is 15.1. The number of unbranched alkanes of at least 4 members (excludes halogenated alkanes) is 34. The fourth-order valence-electron chi connectivity index (χ4n) is 7.74. The van der Waals surface area contributed by atoms with Crippen LogP contribution in [0.5, 0.6) is 0 Å². The molecule has 6 nitrogen and oxygen atoms in total. The Kier molecular flexibility index (Phi) is 46.6. The van der Waals surface area contributed by atoms with Gasteiger partial charge < -0.3 is 20.3 Å². The molecule has 58 heavy (non-hydrogen) atoms. The number of hydrogen-bond donors (Lipinski definition) is 3. The van der Waals surface area contributed by atoms with Crippen molar-refractivity contribution in [1.82, 2.24) is 5.32 Å². The van der Waals surface area contributed by atoms with Crippen molar-refractivity contribution in [2.24, 2.45) is 0 Å². The fourth-order valence-corrected chi connectivity index (χ4v) is 7.74. The number of carbonyl (C=O) groups excluding carboxylic acids is 2. The van der Waals surface area contributed by atoms with Gasteiger partial charge in [-0.15, -0.1) is 0 Å². The summed E-state index contributed by atoms with van der Waals surface area (Å²) < 4.78 is 5.47. The molecule has 0 saturated carbocycles. The summed E-state index contributed by atoms with van der Waals surface area (Å²) in [6, 6.07) is -0.640. The summed E-state index contributed by atoms with van der Waals surface area (Å²) in [4.78, 5) is 24.4. The third-order valence-corrected chi connectivity index (χ3v) is 11.7. The van der Waals surface area contributed by atoms with E-state index in [1.807, 2.05) is 6.08 Å². The van der Waals surface area contributed by atoms with Crippen molar-refractivity contribution in [2.75, 3.05) is 13.2 Å². The minimum atomic E-state index is -0.855. The van der Waals surface area contributed by atoms with Crippen molar-refractivity contribution >= 4 is 11.9 Å². The SMILES string of the molecule is CCCCCCCC/C=C\CCCCCCCCCCCC(=O)OCCCCCCCCCCCCCC(=O)NC(CO)C(O)/C=C/CCCCCCCCCCC. The second-order valence-corrected chi connectivity index (χ2v) is 17.5. The lowest BCUT2D eigenvalue weighted by Gasteiger charge is -2.20. The van der Waals surface area contributed by atoms with Crippen molar-refractivity contribution in [3.05, 3.63) is 24.3 Å². The van der Waals surface area contributed by atoms with Crippen molar-refractivity contribution in [2.45, 2.75) is 283 Å². The summed E-state index contributed by atoms with van der Waals surface area (Å²) in [7, 11) is 0. The standard InChI is InChI=1S/C52H99NO5/c1-3-5-7-9-11-13-15-16-17-18-19-20-21-22-26-30-34-38-42-46-52(57)58-47-43-39-35-31-27-23-25-29-33-37-41-45-51(56)53-49(48-54)50(55)44-40-36-32-28-24-14-12-10-8-6-4-2/h16-17,40,44,49-50,54-55H,3-15,18-39,41-43,45-48H2,1-2H3,(H,53,56)/b17-16-,44-40+. The summed E-state index contributed by atoms with van der Waals surface area (Å²) in [5.41, 5.74) is 0. The number of carbonyl (C=O) groups is 2. The number of aliphatic hydroxyl groups is 2. The quantitative estimate of drug-likeness (QED) is 0.0323. The number of rotatable bonds is 47. The summed E-state index contributed by atoms with van der Waals surface area (Å²) in [5, 5.41) is 22.9. The van der Waals surface area contributed by atoms with E-state index in [0.717, 1.165) is 57.8 Å². The van der Waals surface area contributed by atoms with Crippen LogP contribution in [0.15, 0.2) is 24.3 Å². The predicted molar refractivity (Wildman–Crippen MR) is 250 cm³/mol. The molecular weight excluding hydrogens is 719 g/mol. The van der Waals surface area contributed by atoms with Gasteiger partial charge in [-0.1, -0.05) is 224 Å². The smallest absolute Gasteiger partial charge is 0.305 e. The van der Waals surface area contributed by atoms with Gasteiger partial charge in [0, 0.05) is 12.8 Å². The van der Waals surface area contributed by atoms with E-state index in [-0.39, 0.29) is 18.5 Å². The van der Waals surface area contributed by atoms with E-state index in [1.165, 1.54) is 186 Å². The van der Waals surface area contributed by atoms with Crippen LogP contribution in [0.2, 0.25) is 0 Å². The minimum Gasteiger partial charge on any atom is -0.466 e. The van der Waals surface area contributed by atoms with Gasteiger partial charge in [0.15, 0.2) is 0 Å². The second kappa shape index (κ2) is 48.0. The molecule has 0 spiro atoms. The molecule has 2 atom stereocenters. The first kappa shape index (κ1) is 56.3. The van der Waals surface area contributed by atoms with Crippen molar-refractivity contribution in [3.63, 3.8) is 0 Å². The molecule has 0 bridgehead atoms. The zero-order valence-electron chi connectivity index (χ0n) is 38.8. The Bertz CT molecular complexity index is 904. The highest BCUT2D eigenvalue weighted by Gasteiger charge is 2.18. The molecule has 0 aliphatic heterocycles. The van der Waals surface area contributed by atoms with E-state index in [0.29, 0.717) is 19.4 Å². The maximum absolute atomic E-state index is 12.4. The Morgan fingerprint density at radius 1 is 0.466 bits per heavy atom. The van der Waals surface area contributed by atoms with Gasteiger partial charge in [0.2, 0.25) is 5.91 Å². The number of esters is 1. The first-order valence-electron chi connectivity index (χ1n) is 25.6. The van der Waals surface area contributed by atoms with Gasteiger partial charge in [0.05, 0.1) is 25.4 Å². The van der Waals surface area contributed by atoms with Crippen molar-refractivity contribution in [1.29, 1.82) is 0 Å². The molecule has 0 radical (unpaired) electrons. The van der Waals surface area contributed by atoms with Crippen LogP contribution in [0.1, 0.15) is 271 Å². The summed E-state index contributed by atoms with van der Waals surface area (Å²) in [6.45, 7) is 4.84. The van der Waals surface area contributed by atoms with Gasteiger partial charge in [-0.25, -0.2) is 0 Å². The van der Waals surface area contributed by atoms with E-state index >= 15 is 0 Å². The van der Waals surface area contributed by atoms with E-state index in [2.05, 4.69) is 31.3 Å². The molecule has 2 unspecified atom stereocenters. The zero-order valence-corrected chi connectivity index (χ0v) is 38.8. The molecule has 0 rings (SSSR count). The summed E-state index contributed by atoms with van der Waals surface area (Å²) in [6.07, 6.45) is 56.0. The minimum absolute atomic E-state index is 0.0164. The third kappa shape index (κ3) is 43.9. The molecule has 0 aromatic rings. The molecule has 3 N–H and O–H groups in total. The molecule has 0 fully saturated rings. The van der Waals surface area contributed by atoms with Gasteiger partial charge in [-0.05, 0) is 57.8 Å². The summed E-state index contributed by atoms with van der Waals surface area (Å²) in [5.74, 6) is -0.105. The monoisotopic (exact) mass is 818 g/mol. The largest absolute Gasteiger partial charge is 0.466 e. The molecule has 0 aliphatic rings. The highest BCUT2D eigenvalue weighted by atomic mass is 16.5. The average Bonchev–Trinajstić information content (AvgIpc) is 3.22. The van der Waals surface area contributed by atoms with Crippen LogP contribution >= 0.6 is 0 Å². The zero-order chi connectivity index (χ0) is 42.3. The third-order valence-electron chi connectivity index (χ3n) is 11.7. The highest BCUT2D eigenvalue weighted by Crippen LogP contribution is 2.15. The van der Waals surface area contributed by atoms with Crippen LogP contribution in [-0.2, 0) is 14.3 Å². The number of aliphatic hydroxyl groups excluding tert-OH is 2. The van der Waals surface area contributed by atoms with Crippen LogP contribution in [0, 0.1) is 0 Å². The van der Waals surface area contributed by atoms with E-state index in [4.69, 9.17) is 4.74 Å². The fraction of sp³-hybridized carbons (Fsp3) is 0.885. The Morgan fingerprint density at radius 2 is 0.810 bits per heavy atom. The van der Waals surface area contributed by atoms with Gasteiger partial charge >= 0.3 is 5.97 Å². The lowest BCUT2D eigenvalue weighted by atomic mass is 10.0. The number of hydrogen-bond acceptors (Lipinski definition) is 5. The Morgan fingerprint density at radius 3 is 1.22 bits per heavy atom. The maximum atomic E-state index is 12.4. The Hall–Kier alpha value is -1.66. The summed E-state index contributed by atoms with van der Waals surface area (Å²) >= 11 is 0. The molecule has 0 aromatic heterocycles. The van der Waals surface area contributed by atoms with Gasteiger partial charge in [-0.2, -0.15) is 0 Å². The van der Waals surface area contributed by atoms with Gasteiger partial charge in [0.1, 0.15) is 0 Å². The molecule has 0 saturated heterocycles. The van der Waals surface area contributed by atoms with Crippen LogP contribution in [0.3, 0.4) is 0 Å². The topological polar surface area (TPSA) is 95.9 Å². The Labute approximate surface area is 361 Å². The molecular formula is C52H99NO5. The van der Waals surface area contributed by atoms with Crippen LogP contribution < -0.4 is 5.32 Å². The molecule has 1 amide bonds. The van der Waals surface area contributed by atoms with E-state index < -0.39 is 12.1 Å². The van der Waals surface area contributed by atoms with Crippen molar-refractivity contribution < 1.29 is 24.5 Å². The molecule has 0 aliphatic carbocycles. The van der Waals surface area contributed by atoms with Crippen LogP contribution in [0.25, 0.3) is 0 Å². The number of allylic oxidation sites excluding steroid dienone is 3. The first-order chi connectivity index (χ1) is 28.5. The lowest BCUT2D eigenvalue weighted by Crippen LogP contribution is -2.45. The molecule has 6 heteroatoms. The van der Waals surface area contributed by atoms with Gasteiger partial charge in [-0.3, -0.25) is 9.59 Å². The lowest BCUT2D eigenvalue weighted by molar-refractivity contribution is -0.143. The number of ether oxygens (including phenoxy) is 1. The van der Waals surface area contributed by atoms with Crippen LogP contribution in [0.4, 0.5) is 0 Å². The second-order valence-electron chi connectivity index (χ2n) is 17.5. The molecule has 0 heterocycles. The number of nitrogens with one attached hydrogen (secondary N) is 1. The van der Waals surface area contributed by atoms with Crippen molar-refractivity contribution in [3.8, 4) is 0 Å². The highest BCUT2D eigenvalue weighted by molar-refractivity contribution is 5.76. The van der Waals surface area contributed by atoms with Crippen LogP contribution in [-0.4, -0.2) is 47.4 Å². The van der Waals surface area contributed by atoms with E-state index in [1.54, 1.807) is 6.08 Å². The maximum Gasteiger partial charge on any atom is 0.305 e. The Balaban J connectivity index is 3.46. The molecule has 0 aromatic carbocycles.